The number of fused-ring (bicyclic) bond motifs is 1. The summed E-state index contributed by atoms with van der Waals surface area (Å²) in [6.45, 7) is 9.60. The highest BCUT2D eigenvalue weighted by molar-refractivity contribution is 7.22. The fraction of sp³-hybridized carbons (Fsp3) is 0.391. The molecule has 3 aromatic rings. The third kappa shape index (κ3) is 4.98. The Kier molecular flexibility index (Phi) is 6.62. The molecule has 2 N–H and O–H groups in total. The lowest BCUT2D eigenvalue weighted by molar-refractivity contribution is 0.0427. The zero-order valence-electron chi connectivity index (χ0n) is 17.7. The molecule has 0 atom stereocenters. The molecule has 6 nitrogen and oxygen atoms in total. The number of thiazole rings is 1. The number of aromatic nitrogens is 3. The molecule has 7 heteroatoms. The van der Waals surface area contributed by atoms with Gasteiger partial charge in [-0.05, 0) is 42.7 Å². The summed E-state index contributed by atoms with van der Waals surface area (Å²) < 4.78 is 8.81. The molecule has 0 saturated carbocycles. The van der Waals surface area contributed by atoms with Crippen LogP contribution in [-0.4, -0.2) is 52.3 Å². The van der Waals surface area contributed by atoms with E-state index >= 15 is 0 Å². The maximum absolute atomic E-state index is 5.84. The van der Waals surface area contributed by atoms with E-state index in [1.807, 2.05) is 12.4 Å². The van der Waals surface area contributed by atoms with Crippen LogP contribution in [0, 0.1) is 6.92 Å². The highest BCUT2D eigenvalue weighted by atomic mass is 32.1. The van der Waals surface area contributed by atoms with E-state index < -0.39 is 0 Å². The second-order valence-corrected chi connectivity index (χ2v) is 8.68. The first-order valence-corrected chi connectivity index (χ1v) is 11.3. The van der Waals surface area contributed by atoms with E-state index in [0.29, 0.717) is 5.13 Å². The summed E-state index contributed by atoms with van der Waals surface area (Å²) in [5, 5.41) is 0.612. The molecule has 1 aromatic carbocycles. The number of nitrogen functional groups attached to an aromatic ring is 1. The Morgan fingerprint density at radius 3 is 2.93 bits per heavy atom. The number of ether oxygens (including phenoxy) is 1. The van der Waals surface area contributed by atoms with Crippen molar-refractivity contribution in [2.75, 3.05) is 38.6 Å². The van der Waals surface area contributed by atoms with Crippen molar-refractivity contribution in [1.82, 2.24) is 19.4 Å². The van der Waals surface area contributed by atoms with Gasteiger partial charge in [-0.3, -0.25) is 4.90 Å². The van der Waals surface area contributed by atoms with Gasteiger partial charge in [0.25, 0.3) is 0 Å². The summed E-state index contributed by atoms with van der Waals surface area (Å²) in [7, 11) is 0. The van der Waals surface area contributed by atoms with Crippen molar-refractivity contribution < 1.29 is 4.74 Å². The van der Waals surface area contributed by atoms with E-state index in [9.17, 15) is 0 Å². The Hall–Kier alpha value is -2.48. The van der Waals surface area contributed by atoms with E-state index in [2.05, 4.69) is 58.7 Å². The number of nitrogens with two attached hydrogens (primary N) is 1. The monoisotopic (exact) mass is 423 g/mol. The molecule has 0 bridgehead atoms. The van der Waals surface area contributed by atoms with Gasteiger partial charge in [-0.2, -0.15) is 0 Å². The van der Waals surface area contributed by atoms with E-state index in [-0.39, 0.29) is 0 Å². The van der Waals surface area contributed by atoms with Gasteiger partial charge in [0.2, 0.25) is 0 Å². The molecular weight excluding hydrogens is 394 g/mol. The lowest BCUT2D eigenvalue weighted by atomic mass is 10.1. The van der Waals surface area contributed by atoms with E-state index in [1.165, 1.54) is 28.2 Å². The molecule has 4 rings (SSSR count). The molecule has 1 aliphatic heterocycles. The van der Waals surface area contributed by atoms with Gasteiger partial charge in [0.15, 0.2) is 5.13 Å². The topological polar surface area (TPSA) is 69.2 Å². The first kappa shape index (κ1) is 20.8. The van der Waals surface area contributed by atoms with Crippen LogP contribution in [0.25, 0.3) is 16.3 Å². The second-order valence-electron chi connectivity index (χ2n) is 7.62. The van der Waals surface area contributed by atoms with Gasteiger partial charge in [-0.15, -0.1) is 0 Å². The number of hydrogen-bond donors (Lipinski definition) is 1. The first-order chi connectivity index (χ1) is 14.6. The van der Waals surface area contributed by atoms with Gasteiger partial charge in [0, 0.05) is 31.9 Å². The summed E-state index contributed by atoms with van der Waals surface area (Å²) in [6, 6.07) is 6.33. The van der Waals surface area contributed by atoms with E-state index in [4.69, 9.17) is 15.5 Å². The van der Waals surface area contributed by atoms with Crippen molar-refractivity contribution >= 4 is 32.8 Å². The van der Waals surface area contributed by atoms with Crippen LogP contribution < -0.4 is 5.73 Å². The van der Waals surface area contributed by atoms with E-state index in [1.54, 1.807) is 0 Å². The molecule has 0 amide bonds. The Balaban J connectivity index is 1.53. The maximum atomic E-state index is 5.84. The molecule has 2 aromatic heterocycles. The number of hydrogen-bond acceptors (Lipinski definition) is 6. The first-order valence-electron chi connectivity index (χ1n) is 10.5. The van der Waals surface area contributed by atoms with Crippen molar-refractivity contribution in [3.8, 4) is 0 Å². The normalized spacial score (nSPS) is 16.1. The maximum Gasteiger partial charge on any atom is 0.181 e. The van der Waals surface area contributed by atoms with Gasteiger partial charge >= 0.3 is 0 Å². The number of nitrogens with zero attached hydrogens (tertiary/aromatic N) is 4. The molecule has 1 saturated heterocycles. The number of rotatable bonds is 7. The van der Waals surface area contributed by atoms with Gasteiger partial charge in [0.05, 0.1) is 35.5 Å². The molecule has 0 spiro atoms. The zero-order valence-corrected chi connectivity index (χ0v) is 18.5. The predicted octanol–water partition coefficient (Wildman–Crippen LogP) is 4.11. The van der Waals surface area contributed by atoms with Crippen LogP contribution in [0.2, 0.25) is 0 Å². The van der Waals surface area contributed by atoms with Crippen LogP contribution in [0.15, 0.2) is 42.3 Å². The Bertz CT molecular complexity index is 1060. The predicted molar refractivity (Wildman–Crippen MR) is 125 cm³/mol. The SMILES string of the molecule is CC/C=C/C(=C\c1ncn(Cc2ccc3nc(N)sc3c2)c1C)CN1CCOCC1. The summed E-state index contributed by atoms with van der Waals surface area (Å²) in [5.41, 5.74) is 11.5. The minimum absolute atomic E-state index is 0.612. The van der Waals surface area contributed by atoms with Gasteiger partial charge in [-0.25, -0.2) is 9.97 Å². The molecule has 3 heterocycles. The minimum Gasteiger partial charge on any atom is -0.379 e. The van der Waals surface area contributed by atoms with E-state index in [0.717, 1.165) is 61.7 Å². The van der Waals surface area contributed by atoms with Crippen molar-refractivity contribution in [2.24, 2.45) is 0 Å². The molecule has 0 radical (unpaired) electrons. The molecule has 158 valence electrons. The third-order valence-corrected chi connectivity index (χ3v) is 6.21. The lowest BCUT2D eigenvalue weighted by Crippen LogP contribution is -2.37. The number of anilines is 1. The fourth-order valence-electron chi connectivity index (χ4n) is 3.65. The van der Waals surface area contributed by atoms with Crippen LogP contribution in [-0.2, 0) is 11.3 Å². The quantitative estimate of drug-likeness (QED) is 0.579. The number of morpholine rings is 1. The summed E-state index contributed by atoms with van der Waals surface area (Å²) in [5.74, 6) is 0. The van der Waals surface area contributed by atoms with Crippen molar-refractivity contribution in [3.05, 3.63) is 59.2 Å². The minimum atomic E-state index is 0.612. The molecule has 0 unspecified atom stereocenters. The fourth-order valence-corrected chi connectivity index (χ4v) is 4.45. The Morgan fingerprint density at radius 1 is 1.30 bits per heavy atom. The van der Waals surface area contributed by atoms with Crippen LogP contribution >= 0.6 is 11.3 Å². The van der Waals surface area contributed by atoms with Crippen molar-refractivity contribution in [2.45, 2.75) is 26.8 Å². The highest BCUT2D eigenvalue weighted by Gasteiger charge is 2.13. The van der Waals surface area contributed by atoms with Gasteiger partial charge < -0.3 is 15.0 Å². The number of allylic oxidation sites excluding steroid dienone is 1. The molecule has 1 fully saturated rings. The Labute approximate surface area is 181 Å². The summed E-state index contributed by atoms with van der Waals surface area (Å²) in [6.07, 6.45) is 9.63. The van der Waals surface area contributed by atoms with Gasteiger partial charge in [-0.1, -0.05) is 36.5 Å². The van der Waals surface area contributed by atoms with Crippen LogP contribution in [0.4, 0.5) is 5.13 Å². The standard InChI is InChI=1S/C23H29N5OS/c1-3-4-5-18(14-27-8-10-29-11-9-27)12-21-17(2)28(16-25-21)15-19-6-7-20-22(13-19)30-23(24)26-20/h4-7,12-13,16H,3,8-11,14-15H2,1-2H3,(H2,24,26)/b5-4+,18-12+. The third-order valence-electron chi connectivity index (χ3n) is 5.36. The average molecular weight is 424 g/mol. The summed E-state index contributed by atoms with van der Waals surface area (Å²) in [4.78, 5) is 11.5. The van der Waals surface area contributed by atoms with Crippen molar-refractivity contribution in [3.63, 3.8) is 0 Å². The molecular formula is C23H29N5OS. The van der Waals surface area contributed by atoms with Crippen LogP contribution in [0.3, 0.4) is 0 Å². The lowest BCUT2D eigenvalue weighted by Gasteiger charge is -2.26. The smallest absolute Gasteiger partial charge is 0.181 e. The Morgan fingerprint density at radius 2 is 2.13 bits per heavy atom. The number of benzene rings is 1. The largest absolute Gasteiger partial charge is 0.379 e. The number of imidazole rings is 1. The summed E-state index contributed by atoms with van der Waals surface area (Å²) >= 11 is 1.53. The molecule has 0 aliphatic carbocycles. The zero-order chi connectivity index (χ0) is 20.9. The van der Waals surface area contributed by atoms with Gasteiger partial charge in [0.1, 0.15) is 0 Å². The molecule has 1 aliphatic rings. The van der Waals surface area contributed by atoms with Crippen LogP contribution in [0.1, 0.15) is 30.3 Å². The van der Waals surface area contributed by atoms with Crippen LogP contribution in [0.5, 0.6) is 0 Å². The molecule has 30 heavy (non-hydrogen) atoms. The second kappa shape index (κ2) is 9.55. The highest BCUT2D eigenvalue weighted by Crippen LogP contribution is 2.25. The van der Waals surface area contributed by atoms with Crippen molar-refractivity contribution in [1.29, 1.82) is 0 Å². The average Bonchev–Trinajstić information content (AvgIpc) is 3.28.